The van der Waals surface area contributed by atoms with Gasteiger partial charge in [0, 0.05) is 35.3 Å². The first kappa shape index (κ1) is 16.5. The van der Waals surface area contributed by atoms with Crippen LogP contribution in [0.3, 0.4) is 0 Å². The summed E-state index contributed by atoms with van der Waals surface area (Å²) in [4.78, 5) is 2.62. The summed E-state index contributed by atoms with van der Waals surface area (Å²) in [7, 11) is 0. The molecule has 2 spiro atoms. The van der Waals surface area contributed by atoms with Crippen molar-refractivity contribution in [3.63, 3.8) is 0 Å². The van der Waals surface area contributed by atoms with E-state index in [-0.39, 0.29) is 34.2 Å². The Bertz CT molecular complexity index is 695. The van der Waals surface area contributed by atoms with Crippen molar-refractivity contribution >= 4 is 0 Å². The molecule has 6 aliphatic carbocycles. The van der Waals surface area contributed by atoms with E-state index in [1.54, 1.807) is 0 Å². The van der Waals surface area contributed by atoms with Gasteiger partial charge in [0.1, 0.15) is 0 Å². The Labute approximate surface area is 156 Å². The van der Waals surface area contributed by atoms with Crippen molar-refractivity contribution in [3.8, 4) is 0 Å². The number of hydrogen-bond donors (Lipinski definition) is 3. The fraction of sp³-hybridized carbons (Fsp3) is 0.909. The van der Waals surface area contributed by atoms with Crippen molar-refractivity contribution in [2.75, 3.05) is 13.1 Å². The van der Waals surface area contributed by atoms with E-state index in [9.17, 15) is 15.3 Å². The average Bonchev–Trinajstić information content (AvgIpc) is 3.06. The van der Waals surface area contributed by atoms with Crippen LogP contribution in [0.15, 0.2) is 12.2 Å². The van der Waals surface area contributed by atoms with Crippen LogP contribution in [0.1, 0.15) is 46.0 Å². The number of rotatable bonds is 1. The molecule has 0 aromatic heterocycles. The third-order valence-corrected chi connectivity index (χ3v) is 10.5. The van der Waals surface area contributed by atoms with Crippen molar-refractivity contribution < 1.29 is 15.3 Å². The molecule has 1 aliphatic heterocycles. The minimum absolute atomic E-state index is 0.0155. The Morgan fingerprint density at radius 2 is 1.96 bits per heavy atom. The van der Waals surface area contributed by atoms with Crippen LogP contribution in [0.4, 0.5) is 0 Å². The molecule has 6 saturated carbocycles. The van der Waals surface area contributed by atoms with Crippen LogP contribution < -0.4 is 0 Å². The monoisotopic (exact) mass is 359 g/mol. The molecule has 7 fully saturated rings. The van der Waals surface area contributed by atoms with Crippen LogP contribution in [0, 0.1) is 39.9 Å². The number of likely N-dealkylation sites (tertiary alicyclic amines) is 1. The lowest BCUT2D eigenvalue weighted by molar-refractivity contribution is -0.256. The van der Waals surface area contributed by atoms with E-state index in [2.05, 4.69) is 25.3 Å². The lowest BCUT2D eigenvalue weighted by Gasteiger charge is -2.69. The summed E-state index contributed by atoms with van der Waals surface area (Å²) >= 11 is 0. The van der Waals surface area contributed by atoms with Gasteiger partial charge in [0.05, 0.1) is 18.3 Å². The Hall–Kier alpha value is -0.420. The van der Waals surface area contributed by atoms with Gasteiger partial charge < -0.3 is 15.3 Å². The van der Waals surface area contributed by atoms with Crippen LogP contribution in [0.5, 0.6) is 0 Å². The van der Waals surface area contributed by atoms with E-state index in [4.69, 9.17) is 0 Å². The lowest BCUT2D eigenvalue weighted by atomic mass is 9.38. The van der Waals surface area contributed by atoms with Gasteiger partial charge in [-0.3, -0.25) is 4.90 Å². The quantitative estimate of drug-likeness (QED) is 0.625. The molecular weight excluding hydrogens is 326 g/mol. The smallest absolute Gasteiger partial charge is 0.0814 e. The minimum atomic E-state index is -0.500. The molecule has 7 aliphatic rings. The molecule has 0 radical (unpaired) electrons. The average molecular weight is 360 g/mol. The van der Waals surface area contributed by atoms with Crippen molar-refractivity contribution in [2.24, 2.45) is 39.9 Å². The van der Waals surface area contributed by atoms with Crippen molar-refractivity contribution in [3.05, 3.63) is 12.2 Å². The highest BCUT2D eigenvalue weighted by molar-refractivity contribution is 5.39. The van der Waals surface area contributed by atoms with E-state index in [1.165, 1.54) is 0 Å². The topological polar surface area (TPSA) is 63.9 Å². The number of fused-ring (bicyclic) bond motifs is 2. The van der Waals surface area contributed by atoms with Gasteiger partial charge in [-0.2, -0.15) is 0 Å². The first-order valence-electron chi connectivity index (χ1n) is 10.8. The van der Waals surface area contributed by atoms with E-state index in [0.29, 0.717) is 17.9 Å². The lowest BCUT2D eigenvalue weighted by Crippen LogP contribution is -2.72. The number of nitrogens with zero attached hydrogens (tertiary/aromatic N) is 1. The van der Waals surface area contributed by atoms with Crippen molar-refractivity contribution in [1.82, 2.24) is 4.90 Å². The third kappa shape index (κ3) is 1.34. The van der Waals surface area contributed by atoms with Gasteiger partial charge in [-0.1, -0.05) is 20.4 Å². The van der Waals surface area contributed by atoms with E-state index in [0.717, 1.165) is 50.8 Å². The number of hydrogen-bond acceptors (Lipinski definition) is 4. The van der Waals surface area contributed by atoms with Crippen LogP contribution in [0.2, 0.25) is 0 Å². The van der Waals surface area contributed by atoms with Crippen molar-refractivity contribution in [2.45, 2.75) is 70.3 Å². The second kappa shape index (κ2) is 4.59. The molecule has 1 saturated heterocycles. The first-order valence-corrected chi connectivity index (χ1v) is 10.8. The van der Waals surface area contributed by atoms with Crippen molar-refractivity contribution in [1.29, 1.82) is 0 Å². The SMILES string of the molecule is C=C1[C@@H](O)C23CC[C@@H]1[C@H](O)[C@H]2C12[C@@H](O)CCC4(C)CN(CC)[C@@H]1[C@H]3C[C@@H]42. The molecule has 26 heavy (non-hydrogen) atoms. The van der Waals surface area contributed by atoms with Gasteiger partial charge >= 0.3 is 0 Å². The highest BCUT2D eigenvalue weighted by Gasteiger charge is 2.86. The maximum Gasteiger partial charge on any atom is 0.0814 e. The summed E-state index contributed by atoms with van der Waals surface area (Å²) in [5, 5.41) is 34.4. The molecule has 0 amide bonds. The van der Waals surface area contributed by atoms with Crippen LogP contribution in [0.25, 0.3) is 0 Å². The molecule has 4 nitrogen and oxygen atoms in total. The minimum Gasteiger partial charge on any atom is -0.392 e. The van der Waals surface area contributed by atoms with Gasteiger partial charge in [-0.15, -0.1) is 0 Å². The molecule has 7 bridgehead atoms. The highest BCUT2D eigenvalue weighted by atomic mass is 16.3. The molecule has 0 aromatic carbocycles. The molecule has 0 aromatic rings. The normalized spacial score (nSPS) is 65.5. The summed E-state index contributed by atoms with van der Waals surface area (Å²) in [6.07, 6.45) is 3.73. The molecule has 3 unspecified atom stereocenters. The summed E-state index contributed by atoms with van der Waals surface area (Å²) < 4.78 is 0. The molecule has 3 N–H and O–H groups in total. The highest BCUT2D eigenvalue weighted by Crippen LogP contribution is 2.83. The Morgan fingerprint density at radius 3 is 2.69 bits per heavy atom. The summed E-state index contributed by atoms with van der Waals surface area (Å²) in [5.41, 5.74) is 0.616. The summed E-state index contributed by atoms with van der Waals surface area (Å²) in [6, 6.07) is 0.319. The number of piperidine rings is 1. The van der Waals surface area contributed by atoms with Crippen LogP contribution in [-0.2, 0) is 0 Å². The fourth-order valence-corrected chi connectivity index (χ4v) is 10.0. The molecule has 1 heterocycles. The zero-order valence-electron chi connectivity index (χ0n) is 16.1. The summed E-state index contributed by atoms with van der Waals surface area (Å²) in [6.45, 7) is 11.0. The van der Waals surface area contributed by atoms with Gasteiger partial charge in [0.2, 0.25) is 0 Å². The third-order valence-electron chi connectivity index (χ3n) is 10.5. The van der Waals surface area contributed by atoms with Gasteiger partial charge in [-0.05, 0) is 61.5 Å². The first-order chi connectivity index (χ1) is 12.3. The Kier molecular flexibility index (Phi) is 2.92. The predicted octanol–water partition coefficient (Wildman–Crippen LogP) is 1.79. The number of aliphatic hydroxyl groups excluding tert-OH is 3. The van der Waals surface area contributed by atoms with Gasteiger partial charge in [0.15, 0.2) is 0 Å². The molecule has 7 rings (SSSR count). The molecule has 144 valence electrons. The Balaban J connectivity index is 1.63. The molecular formula is C22H33NO3. The second-order valence-electron chi connectivity index (χ2n) is 10.8. The largest absolute Gasteiger partial charge is 0.392 e. The fourth-order valence-electron chi connectivity index (χ4n) is 10.0. The standard InChI is InChI=1S/C22H33NO3/c1-4-23-10-20(3)7-6-15(24)22-14(20)9-13(18(22)23)21-8-5-12(11(2)19(21)26)16(25)17(21)22/h12-19,24-26H,2,4-10H2,1,3H3/t12-,13+,14-,15-,16-,17+,18+,19+,20?,21?,22?/m0/s1. The maximum atomic E-state index is 11.5. The Morgan fingerprint density at radius 1 is 1.19 bits per heavy atom. The second-order valence-corrected chi connectivity index (χ2v) is 10.8. The predicted molar refractivity (Wildman–Crippen MR) is 98.2 cm³/mol. The van der Waals surface area contributed by atoms with Crippen LogP contribution in [-0.4, -0.2) is 57.7 Å². The zero-order valence-corrected chi connectivity index (χ0v) is 16.1. The van der Waals surface area contributed by atoms with E-state index in [1.807, 2.05) is 0 Å². The molecule has 4 heteroatoms. The van der Waals surface area contributed by atoms with Gasteiger partial charge in [0.25, 0.3) is 0 Å². The van der Waals surface area contributed by atoms with E-state index < -0.39 is 12.2 Å². The van der Waals surface area contributed by atoms with Crippen LogP contribution >= 0.6 is 0 Å². The zero-order chi connectivity index (χ0) is 18.2. The summed E-state index contributed by atoms with van der Waals surface area (Å²) in [5.74, 6) is 0.921. The van der Waals surface area contributed by atoms with Gasteiger partial charge in [-0.25, -0.2) is 0 Å². The maximum absolute atomic E-state index is 11.5. The molecule has 11 atom stereocenters. The number of aliphatic hydroxyl groups is 3. The van der Waals surface area contributed by atoms with E-state index >= 15 is 0 Å².